The van der Waals surface area contributed by atoms with E-state index in [1.807, 2.05) is 6.92 Å². The third-order valence-electron chi connectivity index (χ3n) is 2.99. The number of nitrogens with one attached hydrogen (secondary N) is 1. The van der Waals surface area contributed by atoms with Gasteiger partial charge in [0.25, 0.3) is 0 Å². The molecule has 3 unspecified atom stereocenters. The first-order valence-electron chi connectivity index (χ1n) is 5.13. The normalized spacial score (nSPS) is 30.8. The van der Waals surface area contributed by atoms with Crippen molar-refractivity contribution in [2.75, 3.05) is 6.54 Å². The van der Waals surface area contributed by atoms with Gasteiger partial charge >= 0.3 is 0 Å². The molecule has 0 spiro atoms. The van der Waals surface area contributed by atoms with Crippen molar-refractivity contribution < 1.29 is 5.11 Å². The van der Waals surface area contributed by atoms with E-state index in [0.29, 0.717) is 12.0 Å². The maximum Gasteiger partial charge on any atom is 0.0552 e. The molecule has 0 radical (unpaired) electrons. The third-order valence-corrected chi connectivity index (χ3v) is 2.99. The molecule has 2 nitrogen and oxygen atoms in total. The third kappa shape index (κ3) is 2.76. The molecule has 0 saturated carbocycles. The molecule has 0 aromatic heterocycles. The van der Waals surface area contributed by atoms with Gasteiger partial charge in [0.15, 0.2) is 0 Å². The average Bonchev–Trinajstić information content (AvgIpc) is 2.30. The lowest BCUT2D eigenvalue weighted by Gasteiger charge is -2.25. The molecule has 0 bridgehead atoms. The number of hydrogen-bond acceptors (Lipinski definition) is 2. The Kier molecular flexibility index (Phi) is 4.02. The molecule has 0 aliphatic carbocycles. The Balaban J connectivity index is 2.37. The van der Waals surface area contributed by atoms with Gasteiger partial charge < -0.3 is 10.4 Å². The van der Waals surface area contributed by atoms with Crippen LogP contribution in [-0.4, -0.2) is 23.8 Å². The zero-order valence-corrected chi connectivity index (χ0v) is 8.21. The molecule has 0 aromatic carbocycles. The molecule has 3 atom stereocenters. The van der Waals surface area contributed by atoms with Gasteiger partial charge in [-0.25, -0.2) is 0 Å². The minimum Gasteiger partial charge on any atom is -0.393 e. The minimum atomic E-state index is -0.180. The summed E-state index contributed by atoms with van der Waals surface area (Å²) >= 11 is 0. The standard InChI is InChI=1S/C10H21NO/c1-8(9(2)12)10-6-4-3-5-7-11-10/h8-12H,3-7H2,1-2H3. The van der Waals surface area contributed by atoms with E-state index in [4.69, 9.17) is 0 Å². The lowest BCUT2D eigenvalue weighted by molar-refractivity contribution is 0.109. The molecule has 2 heteroatoms. The first kappa shape index (κ1) is 10.0. The molecule has 1 aliphatic rings. The number of rotatable bonds is 2. The predicted octanol–water partition coefficient (Wildman–Crippen LogP) is 1.54. The van der Waals surface area contributed by atoms with Crippen molar-refractivity contribution in [1.29, 1.82) is 0 Å². The highest BCUT2D eigenvalue weighted by atomic mass is 16.3. The molecule has 1 fully saturated rings. The molecule has 0 amide bonds. The van der Waals surface area contributed by atoms with E-state index in [9.17, 15) is 5.11 Å². The Labute approximate surface area is 75.4 Å². The van der Waals surface area contributed by atoms with E-state index < -0.39 is 0 Å². The van der Waals surface area contributed by atoms with Gasteiger partial charge in [0.1, 0.15) is 0 Å². The van der Waals surface area contributed by atoms with Gasteiger partial charge in [-0.2, -0.15) is 0 Å². The van der Waals surface area contributed by atoms with Crippen LogP contribution < -0.4 is 5.32 Å². The number of aliphatic hydroxyl groups excluding tert-OH is 1. The summed E-state index contributed by atoms with van der Waals surface area (Å²) in [5, 5.41) is 12.9. The zero-order valence-electron chi connectivity index (χ0n) is 8.21. The van der Waals surface area contributed by atoms with Gasteiger partial charge in [-0.3, -0.25) is 0 Å². The summed E-state index contributed by atoms with van der Waals surface area (Å²) in [6.45, 7) is 5.15. The quantitative estimate of drug-likeness (QED) is 0.660. The van der Waals surface area contributed by atoms with Crippen LogP contribution in [0, 0.1) is 5.92 Å². The molecule has 1 saturated heterocycles. The monoisotopic (exact) mass is 171 g/mol. The van der Waals surface area contributed by atoms with Crippen LogP contribution in [0.15, 0.2) is 0 Å². The second-order valence-electron chi connectivity index (χ2n) is 4.01. The van der Waals surface area contributed by atoms with Gasteiger partial charge in [-0.1, -0.05) is 19.8 Å². The lowest BCUT2D eigenvalue weighted by Crippen LogP contribution is -2.38. The zero-order chi connectivity index (χ0) is 8.97. The summed E-state index contributed by atoms with van der Waals surface area (Å²) in [6, 6.07) is 0.535. The van der Waals surface area contributed by atoms with Crippen molar-refractivity contribution >= 4 is 0 Å². The smallest absolute Gasteiger partial charge is 0.0552 e. The van der Waals surface area contributed by atoms with Crippen molar-refractivity contribution in [3.8, 4) is 0 Å². The second-order valence-corrected chi connectivity index (χ2v) is 4.01. The van der Waals surface area contributed by atoms with Gasteiger partial charge in [-0.05, 0) is 32.2 Å². The van der Waals surface area contributed by atoms with Crippen LogP contribution in [0.2, 0.25) is 0 Å². The van der Waals surface area contributed by atoms with Crippen LogP contribution in [0.25, 0.3) is 0 Å². The van der Waals surface area contributed by atoms with E-state index in [0.717, 1.165) is 6.54 Å². The lowest BCUT2D eigenvalue weighted by atomic mass is 9.93. The highest BCUT2D eigenvalue weighted by Crippen LogP contribution is 2.17. The summed E-state index contributed by atoms with van der Waals surface area (Å²) in [5.74, 6) is 0.392. The van der Waals surface area contributed by atoms with Gasteiger partial charge in [0, 0.05) is 6.04 Å². The molecule has 72 valence electrons. The molecule has 2 N–H and O–H groups in total. The molecular formula is C10H21NO. The fourth-order valence-electron chi connectivity index (χ4n) is 1.84. The van der Waals surface area contributed by atoms with E-state index in [2.05, 4.69) is 12.2 Å². The molecule has 1 rings (SSSR count). The number of aliphatic hydroxyl groups is 1. The topological polar surface area (TPSA) is 32.3 Å². The van der Waals surface area contributed by atoms with E-state index in [-0.39, 0.29) is 6.10 Å². The summed E-state index contributed by atoms with van der Waals surface area (Å²) in [5.41, 5.74) is 0. The van der Waals surface area contributed by atoms with Gasteiger partial charge in [0.05, 0.1) is 6.10 Å². The summed E-state index contributed by atoms with van der Waals surface area (Å²) in [6.07, 6.45) is 5.00. The van der Waals surface area contributed by atoms with Gasteiger partial charge in [-0.15, -0.1) is 0 Å². The van der Waals surface area contributed by atoms with Crippen molar-refractivity contribution in [1.82, 2.24) is 5.32 Å². The SMILES string of the molecule is CC(O)C(C)C1CCCCCN1. The first-order chi connectivity index (χ1) is 5.72. The highest BCUT2D eigenvalue weighted by Gasteiger charge is 2.21. The fraction of sp³-hybridized carbons (Fsp3) is 1.00. The maximum absolute atomic E-state index is 9.42. The van der Waals surface area contributed by atoms with Crippen molar-refractivity contribution in [2.45, 2.75) is 51.7 Å². The minimum absolute atomic E-state index is 0.180. The Morgan fingerprint density at radius 2 is 2.00 bits per heavy atom. The predicted molar refractivity (Wildman–Crippen MR) is 51.1 cm³/mol. The van der Waals surface area contributed by atoms with E-state index >= 15 is 0 Å². The van der Waals surface area contributed by atoms with Crippen molar-refractivity contribution in [3.05, 3.63) is 0 Å². The van der Waals surface area contributed by atoms with Crippen molar-refractivity contribution in [2.24, 2.45) is 5.92 Å². The van der Waals surface area contributed by atoms with E-state index in [1.54, 1.807) is 0 Å². The van der Waals surface area contributed by atoms with Crippen LogP contribution >= 0.6 is 0 Å². The Hall–Kier alpha value is -0.0800. The average molecular weight is 171 g/mol. The van der Waals surface area contributed by atoms with E-state index in [1.165, 1.54) is 25.7 Å². The molecule has 12 heavy (non-hydrogen) atoms. The van der Waals surface area contributed by atoms with Crippen LogP contribution in [0.3, 0.4) is 0 Å². The Morgan fingerprint density at radius 3 is 2.67 bits per heavy atom. The van der Waals surface area contributed by atoms with Gasteiger partial charge in [0.2, 0.25) is 0 Å². The molecule has 1 heterocycles. The van der Waals surface area contributed by atoms with Crippen LogP contribution in [0.4, 0.5) is 0 Å². The Bertz CT molecular complexity index is 117. The fourth-order valence-corrected chi connectivity index (χ4v) is 1.84. The van der Waals surface area contributed by atoms with Crippen LogP contribution in [0.1, 0.15) is 39.5 Å². The first-order valence-corrected chi connectivity index (χ1v) is 5.13. The largest absolute Gasteiger partial charge is 0.393 e. The summed E-state index contributed by atoms with van der Waals surface area (Å²) in [4.78, 5) is 0. The maximum atomic E-state index is 9.42. The van der Waals surface area contributed by atoms with Crippen LogP contribution in [-0.2, 0) is 0 Å². The summed E-state index contributed by atoms with van der Waals surface area (Å²) < 4.78 is 0. The molecule has 0 aromatic rings. The number of hydrogen-bond donors (Lipinski definition) is 2. The Morgan fingerprint density at radius 1 is 1.25 bits per heavy atom. The molecular weight excluding hydrogens is 150 g/mol. The van der Waals surface area contributed by atoms with Crippen molar-refractivity contribution in [3.63, 3.8) is 0 Å². The summed E-state index contributed by atoms with van der Waals surface area (Å²) in [7, 11) is 0. The van der Waals surface area contributed by atoms with Crippen LogP contribution in [0.5, 0.6) is 0 Å². The second kappa shape index (κ2) is 4.83. The molecule has 1 aliphatic heterocycles. The highest BCUT2D eigenvalue weighted by molar-refractivity contribution is 4.78.